The van der Waals surface area contributed by atoms with Crippen LogP contribution >= 0.6 is 0 Å². The number of carbonyl (C=O) groups is 2. The summed E-state index contributed by atoms with van der Waals surface area (Å²) in [6, 6.07) is 0. The highest BCUT2D eigenvalue weighted by Gasteiger charge is 2.25. The summed E-state index contributed by atoms with van der Waals surface area (Å²) in [6.07, 6.45) is 8.23. The van der Waals surface area contributed by atoms with Gasteiger partial charge in [0.1, 0.15) is 5.82 Å². The van der Waals surface area contributed by atoms with Crippen molar-refractivity contribution in [2.24, 2.45) is 11.8 Å². The standard InChI is InChI=1S/C23H38N4O6/c1-16(2)14-27-21(24)20(22(30)25-23(27)31)26(12-13-32-3)18(28)15-33-19(29)11-7-10-17-8-5-4-6-9-17/h16-17H,4-15,24H2,1-3H3,(H,25,30,31). The van der Waals surface area contributed by atoms with E-state index in [4.69, 9.17) is 15.2 Å². The topological polar surface area (TPSA) is 137 Å². The number of nitrogen functional groups attached to an aromatic ring is 1. The van der Waals surface area contributed by atoms with Gasteiger partial charge >= 0.3 is 11.7 Å². The molecule has 2 rings (SSSR count). The second-order valence-corrected chi connectivity index (χ2v) is 9.09. The van der Waals surface area contributed by atoms with Crippen molar-refractivity contribution in [1.82, 2.24) is 9.55 Å². The molecule has 1 aliphatic rings. The first kappa shape index (κ1) is 26.6. The van der Waals surface area contributed by atoms with Gasteiger partial charge in [-0.2, -0.15) is 0 Å². The number of aromatic amines is 1. The number of amides is 1. The molecule has 1 saturated carbocycles. The predicted molar refractivity (Wildman–Crippen MR) is 126 cm³/mol. The first-order valence-corrected chi connectivity index (χ1v) is 11.8. The quantitative estimate of drug-likeness (QED) is 0.450. The number of H-pyrrole nitrogens is 1. The van der Waals surface area contributed by atoms with E-state index < -0.39 is 29.7 Å². The van der Waals surface area contributed by atoms with Crippen molar-refractivity contribution in [3.63, 3.8) is 0 Å². The van der Waals surface area contributed by atoms with Gasteiger partial charge in [0.05, 0.1) is 6.61 Å². The zero-order valence-electron chi connectivity index (χ0n) is 20.1. The molecule has 1 fully saturated rings. The number of hydrogen-bond donors (Lipinski definition) is 2. The van der Waals surface area contributed by atoms with Gasteiger partial charge in [-0.25, -0.2) is 4.79 Å². The van der Waals surface area contributed by atoms with Gasteiger partial charge < -0.3 is 15.2 Å². The van der Waals surface area contributed by atoms with E-state index in [2.05, 4.69) is 4.98 Å². The maximum Gasteiger partial charge on any atom is 0.330 e. The Bertz CT molecular complexity index is 901. The van der Waals surface area contributed by atoms with Gasteiger partial charge in [0, 0.05) is 26.6 Å². The Morgan fingerprint density at radius 3 is 2.55 bits per heavy atom. The lowest BCUT2D eigenvalue weighted by Gasteiger charge is -2.24. The SMILES string of the molecule is COCCN(C(=O)COC(=O)CCCC1CCCCC1)c1c(N)n(CC(C)C)c(=O)[nH]c1=O. The van der Waals surface area contributed by atoms with Crippen LogP contribution in [0.4, 0.5) is 11.5 Å². The van der Waals surface area contributed by atoms with Gasteiger partial charge in [0.25, 0.3) is 11.5 Å². The number of methoxy groups -OCH3 is 1. The van der Waals surface area contributed by atoms with E-state index >= 15 is 0 Å². The zero-order chi connectivity index (χ0) is 24.4. The number of aromatic nitrogens is 2. The molecule has 10 nitrogen and oxygen atoms in total. The number of nitrogens with one attached hydrogen (secondary N) is 1. The summed E-state index contributed by atoms with van der Waals surface area (Å²) in [5, 5.41) is 0. The van der Waals surface area contributed by atoms with Gasteiger partial charge in [-0.1, -0.05) is 46.0 Å². The molecule has 1 aromatic rings. The molecule has 0 unspecified atom stereocenters. The van der Waals surface area contributed by atoms with Crippen LogP contribution in [0.1, 0.15) is 65.2 Å². The molecule has 1 aromatic heterocycles. The summed E-state index contributed by atoms with van der Waals surface area (Å²) in [4.78, 5) is 53.1. The third-order valence-electron chi connectivity index (χ3n) is 5.93. The molecule has 1 amide bonds. The molecule has 1 heterocycles. The third-order valence-corrected chi connectivity index (χ3v) is 5.93. The number of anilines is 2. The summed E-state index contributed by atoms with van der Waals surface area (Å²) >= 11 is 0. The summed E-state index contributed by atoms with van der Waals surface area (Å²) in [5.74, 6) is -0.409. The fourth-order valence-corrected chi connectivity index (χ4v) is 4.23. The fourth-order valence-electron chi connectivity index (χ4n) is 4.23. The molecule has 186 valence electrons. The monoisotopic (exact) mass is 466 g/mol. The molecule has 0 saturated heterocycles. The first-order chi connectivity index (χ1) is 15.7. The van der Waals surface area contributed by atoms with E-state index in [1.165, 1.54) is 43.8 Å². The number of ether oxygens (including phenoxy) is 2. The molecule has 10 heteroatoms. The Morgan fingerprint density at radius 1 is 1.21 bits per heavy atom. The molecule has 33 heavy (non-hydrogen) atoms. The molecule has 0 aliphatic heterocycles. The van der Waals surface area contributed by atoms with Crippen LogP contribution in [-0.4, -0.2) is 48.3 Å². The number of esters is 1. The highest BCUT2D eigenvalue weighted by Crippen LogP contribution is 2.27. The highest BCUT2D eigenvalue weighted by molar-refractivity contribution is 5.97. The average molecular weight is 467 g/mol. The molecule has 0 spiro atoms. The van der Waals surface area contributed by atoms with Crippen molar-refractivity contribution >= 4 is 23.4 Å². The van der Waals surface area contributed by atoms with Crippen LogP contribution < -0.4 is 21.9 Å². The van der Waals surface area contributed by atoms with Crippen LogP contribution in [0.15, 0.2) is 9.59 Å². The van der Waals surface area contributed by atoms with Crippen LogP contribution in [0.25, 0.3) is 0 Å². The van der Waals surface area contributed by atoms with Crippen LogP contribution in [0.5, 0.6) is 0 Å². The molecule has 0 bridgehead atoms. The Morgan fingerprint density at radius 2 is 1.91 bits per heavy atom. The van der Waals surface area contributed by atoms with Crippen molar-refractivity contribution in [3.05, 3.63) is 20.8 Å². The summed E-state index contributed by atoms with van der Waals surface area (Å²) < 4.78 is 11.5. The minimum absolute atomic E-state index is 0.0156. The molecular weight excluding hydrogens is 428 g/mol. The van der Waals surface area contributed by atoms with Crippen molar-refractivity contribution in [1.29, 1.82) is 0 Å². The van der Waals surface area contributed by atoms with Crippen molar-refractivity contribution in [2.75, 3.05) is 37.5 Å². The first-order valence-electron chi connectivity index (χ1n) is 11.8. The number of nitrogens with two attached hydrogens (primary N) is 1. The Kier molecular flexibility index (Phi) is 10.6. The second kappa shape index (κ2) is 13.2. The zero-order valence-corrected chi connectivity index (χ0v) is 20.1. The van der Waals surface area contributed by atoms with E-state index in [9.17, 15) is 19.2 Å². The van der Waals surface area contributed by atoms with E-state index in [1.54, 1.807) is 0 Å². The molecule has 0 aromatic carbocycles. The van der Waals surface area contributed by atoms with Gasteiger partial charge in [0.2, 0.25) is 0 Å². The molecule has 0 radical (unpaired) electrons. The van der Waals surface area contributed by atoms with E-state index in [0.29, 0.717) is 5.92 Å². The average Bonchev–Trinajstić information content (AvgIpc) is 2.77. The number of carbonyl (C=O) groups excluding carboxylic acids is 2. The van der Waals surface area contributed by atoms with Crippen molar-refractivity contribution in [2.45, 2.75) is 71.8 Å². The molecule has 0 atom stereocenters. The molecule has 1 aliphatic carbocycles. The van der Waals surface area contributed by atoms with E-state index in [0.717, 1.165) is 17.7 Å². The largest absolute Gasteiger partial charge is 0.456 e. The van der Waals surface area contributed by atoms with E-state index in [1.807, 2.05) is 13.8 Å². The number of nitrogens with zero attached hydrogens (tertiary/aromatic N) is 2. The maximum atomic E-state index is 12.9. The van der Waals surface area contributed by atoms with Crippen LogP contribution in [0, 0.1) is 11.8 Å². The lowest BCUT2D eigenvalue weighted by atomic mass is 9.86. The lowest BCUT2D eigenvalue weighted by Crippen LogP contribution is -2.44. The normalized spacial score (nSPS) is 14.4. The lowest BCUT2D eigenvalue weighted by molar-refractivity contribution is -0.148. The van der Waals surface area contributed by atoms with Gasteiger partial charge in [-0.05, 0) is 24.7 Å². The number of rotatable bonds is 12. The predicted octanol–water partition coefficient (Wildman–Crippen LogP) is 2.05. The van der Waals surface area contributed by atoms with Crippen LogP contribution in [-0.2, 0) is 25.6 Å². The van der Waals surface area contributed by atoms with Gasteiger partial charge in [0.15, 0.2) is 12.3 Å². The number of hydrogen-bond acceptors (Lipinski definition) is 7. The summed E-state index contributed by atoms with van der Waals surface area (Å²) in [6.45, 7) is 3.70. The Hall–Kier alpha value is -2.62. The van der Waals surface area contributed by atoms with E-state index in [-0.39, 0.29) is 43.5 Å². The highest BCUT2D eigenvalue weighted by atomic mass is 16.5. The Labute approximate surface area is 194 Å². The van der Waals surface area contributed by atoms with Gasteiger partial charge in [-0.3, -0.25) is 28.8 Å². The second-order valence-electron chi connectivity index (χ2n) is 9.09. The maximum absolute atomic E-state index is 12.9. The Balaban J connectivity index is 2.05. The summed E-state index contributed by atoms with van der Waals surface area (Å²) in [5.41, 5.74) is 4.57. The minimum Gasteiger partial charge on any atom is -0.456 e. The molecular formula is C23H38N4O6. The summed E-state index contributed by atoms with van der Waals surface area (Å²) in [7, 11) is 1.46. The van der Waals surface area contributed by atoms with Crippen molar-refractivity contribution < 1.29 is 19.1 Å². The fraction of sp³-hybridized carbons (Fsp3) is 0.739. The smallest absolute Gasteiger partial charge is 0.330 e. The van der Waals surface area contributed by atoms with Crippen LogP contribution in [0.2, 0.25) is 0 Å². The third kappa shape index (κ3) is 8.03. The minimum atomic E-state index is -0.777. The molecule has 3 N–H and O–H groups in total. The van der Waals surface area contributed by atoms with Gasteiger partial charge in [-0.15, -0.1) is 0 Å². The van der Waals surface area contributed by atoms with Crippen molar-refractivity contribution in [3.8, 4) is 0 Å². The van der Waals surface area contributed by atoms with Crippen LogP contribution in [0.3, 0.4) is 0 Å².